The van der Waals surface area contributed by atoms with E-state index in [1.165, 1.54) is 0 Å². The monoisotopic (exact) mass is 223 g/mol. The predicted molar refractivity (Wildman–Crippen MR) is 60.0 cm³/mol. The number of para-hydroxylation sites is 2. The number of aromatic nitrogens is 2. The van der Waals surface area contributed by atoms with Crippen molar-refractivity contribution in [2.75, 3.05) is 5.32 Å². The van der Waals surface area contributed by atoms with Gasteiger partial charge in [0.15, 0.2) is 0 Å². The van der Waals surface area contributed by atoms with Crippen LogP contribution < -0.4 is 5.32 Å². The van der Waals surface area contributed by atoms with E-state index in [0.717, 1.165) is 11.0 Å². The predicted octanol–water partition coefficient (Wildman–Crippen LogP) is 2.13. The number of halogens is 1. The Hall–Kier alpha value is -1.55. The van der Waals surface area contributed by atoms with Crippen LogP contribution in [0.1, 0.15) is 6.92 Å². The van der Waals surface area contributed by atoms with E-state index in [-0.39, 0.29) is 5.91 Å². The van der Waals surface area contributed by atoms with Crippen LogP contribution in [0.2, 0.25) is 0 Å². The summed E-state index contributed by atoms with van der Waals surface area (Å²) in [5.41, 5.74) is 1.70. The minimum Gasteiger partial charge on any atom is -0.324 e. The van der Waals surface area contributed by atoms with Crippen molar-refractivity contribution in [2.24, 2.45) is 0 Å². The van der Waals surface area contributed by atoms with Gasteiger partial charge in [0.1, 0.15) is 5.38 Å². The average Bonchev–Trinajstić information content (AvgIpc) is 2.59. The zero-order chi connectivity index (χ0) is 10.8. The van der Waals surface area contributed by atoms with E-state index >= 15 is 0 Å². The van der Waals surface area contributed by atoms with Crippen LogP contribution in [0.5, 0.6) is 0 Å². The number of benzene rings is 1. The van der Waals surface area contributed by atoms with Crippen molar-refractivity contribution in [1.82, 2.24) is 9.97 Å². The zero-order valence-electron chi connectivity index (χ0n) is 8.12. The van der Waals surface area contributed by atoms with Gasteiger partial charge in [-0.2, -0.15) is 0 Å². The maximum atomic E-state index is 11.3. The number of carbonyl (C=O) groups is 1. The molecule has 1 amide bonds. The van der Waals surface area contributed by atoms with Crippen LogP contribution in [0.3, 0.4) is 0 Å². The first-order valence-electron chi connectivity index (χ1n) is 4.56. The van der Waals surface area contributed by atoms with Crippen LogP contribution in [0, 0.1) is 0 Å². The lowest BCUT2D eigenvalue weighted by Crippen LogP contribution is -2.20. The number of nitrogens with zero attached hydrogens (tertiary/aromatic N) is 1. The van der Waals surface area contributed by atoms with E-state index in [9.17, 15) is 4.79 Å². The van der Waals surface area contributed by atoms with Gasteiger partial charge in [0.25, 0.3) is 0 Å². The van der Waals surface area contributed by atoms with Crippen LogP contribution in [-0.2, 0) is 4.79 Å². The van der Waals surface area contributed by atoms with Gasteiger partial charge in [0.05, 0.1) is 11.0 Å². The van der Waals surface area contributed by atoms with Crippen molar-refractivity contribution in [3.05, 3.63) is 24.3 Å². The number of hydrogen-bond donors (Lipinski definition) is 2. The van der Waals surface area contributed by atoms with Crippen LogP contribution in [0.15, 0.2) is 24.3 Å². The maximum Gasteiger partial charge on any atom is 0.244 e. The highest BCUT2D eigenvalue weighted by molar-refractivity contribution is 6.32. The Morgan fingerprint density at radius 1 is 1.53 bits per heavy atom. The smallest absolute Gasteiger partial charge is 0.244 e. The average molecular weight is 224 g/mol. The van der Waals surface area contributed by atoms with Crippen molar-refractivity contribution >= 4 is 34.5 Å². The number of H-pyrrole nitrogens is 1. The number of hydrogen-bond acceptors (Lipinski definition) is 2. The molecule has 1 heterocycles. The molecule has 0 saturated carbocycles. The fourth-order valence-corrected chi connectivity index (χ4v) is 1.28. The third kappa shape index (κ3) is 2.10. The van der Waals surface area contributed by atoms with Crippen molar-refractivity contribution in [3.63, 3.8) is 0 Å². The van der Waals surface area contributed by atoms with Gasteiger partial charge in [-0.3, -0.25) is 10.1 Å². The molecule has 0 radical (unpaired) electrons. The second-order valence-electron chi connectivity index (χ2n) is 3.21. The molecule has 0 spiro atoms. The number of rotatable bonds is 2. The summed E-state index contributed by atoms with van der Waals surface area (Å²) in [5, 5.41) is 2.02. The van der Waals surface area contributed by atoms with Gasteiger partial charge >= 0.3 is 0 Å². The highest BCUT2D eigenvalue weighted by Crippen LogP contribution is 2.13. The molecule has 0 aliphatic carbocycles. The molecule has 4 nitrogen and oxygen atoms in total. The Morgan fingerprint density at radius 3 is 2.93 bits per heavy atom. The molecule has 1 atom stereocenters. The Balaban J connectivity index is 2.26. The fraction of sp³-hybridized carbons (Fsp3) is 0.200. The molecule has 2 rings (SSSR count). The Labute approximate surface area is 91.7 Å². The molecule has 0 bridgehead atoms. The van der Waals surface area contributed by atoms with Crippen molar-refractivity contribution < 1.29 is 4.79 Å². The summed E-state index contributed by atoms with van der Waals surface area (Å²) in [6, 6.07) is 7.54. The summed E-state index contributed by atoms with van der Waals surface area (Å²) in [7, 11) is 0. The molecule has 0 aliphatic heterocycles. The van der Waals surface area contributed by atoms with Gasteiger partial charge in [-0.1, -0.05) is 12.1 Å². The van der Waals surface area contributed by atoms with Crippen molar-refractivity contribution in [3.8, 4) is 0 Å². The summed E-state index contributed by atoms with van der Waals surface area (Å²) in [6.45, 7) is 1.61. The minimum absolute atomic E-state index is 0.268. The molecule has 78 valence electrons. The van der Waals surface area contributed by atoms with E-state index in [4.69, 9.17) is 11.6 Å². The lowest BCUT2D eigenvalue weighted by atomic mass is 10.3. The van der Waals surface area contributed by atoms with Gasteiger partial charge in [0, 0.05) is 0 Å². The lowest BCUT2D eigenvalue weighted by molar-refractivity contribution is -0.115. The SMILES string of the molecule is CC(Cl)C(=O)Nc1nc2ccccc2[nH]1. The number of amides is 1. The summed E-state index contributed by atoms with van der Waals surface area (Å²) in [5.74, 6) is 0.157. The van der Waals surface area contributed by atoms with E-state index in [0.29, 0.717) is 5.95 Å². The summed E-state index contributed by atoms with van der Waals surface area (Å²) < 4.78 is 0. The second-order valence-corrected chi connectivity index (χ2v) is 3.86. The number of alkyl halides is 1. The van der Waals surface area contributed by atoms with Gasteiger partial charge in [0.2, 0.25) is 11.9 Å². The van der Waals surface area contributed by atoms with Gasteiger partial charge in [-0.25, -0.2) is 4.98 Å². The molecule has 15 heavy (non-hydrogen) atoms. The largest absolute Gasteiger partial charge is 0.324 e. The molecule has 0 aliphatic rings. The number of carbonyl (C=O) groups excluding carboxylic acids is 1. The quantitative estimate of drug-likeness (QED) is 0.767. The zero-order valence-corrected chi connectivity index (χ0v) is 8.88. The van der Waals surface area contributed by atoms with E-state index in [1.54, 1.807) is 6.92 Å². The fourth-order valence-electron chi connectivity index (χ4n) is 1.23. The summed E-state index contributed by atoms with van der Waals surface area (Å²) in [6.07, 6.45) is 0. The Bertz CT molecular complexity index is 459. The first-order valence-corrected chi connectivity index (χ1v) is 5.00. The number of fused-ring (bicyclic) bond motifs is 1. The Kier molecular flexibility index (Phi) is 2.60. The number of aromatic amines is 1. The maximum absolute atomic E-state index is 11.3. The molecule has 1 aromatic carbocycles. The normalized spacial score (nSPS) is 12.7. The molecular formula is C10H10ClN3O. The molecular weight excluding hydrogens is 214 g/mol. The van der Waals surface area contributed by atoms with Gasteiger partial charge in [-0.05, 0) is 19.1 Å². The molecule has 0 fully saturated rings. The first-order chi connectivity index (χ1) is 7.16. The minimum atomic E-state index is -0.571. The van der Waals surface area contributed by atoms with Crippen LogP contribution in [0.4, 0.5) is 5.95 Å². The van der Waals surface area contributed by atoms with E-state index < -0.39 is 5.38 Å². The Morgan fingerprint density at radius 2 is 2.27 bits per heavy atom. The first kappa shape index (κ1) is 9.98. The van der Waals surface area contributed by atoms with Crippen LogP contribution >= 0.6 is 11.6 Å². The van der Waals surface area contributed by atoms with Crippen LogP contribution in [-0.4, -0.2) is 21.3 Å². The van der Waals surface area contributed by atoms with Crippen molar-refractivity contribution in [2.45, 2.75) is 12.3 Å². The molecule has 1 aromatic heterocycles. The molecule has 2 aromatic rings. The third-order valence-corrected chi connectivity index (χ3v) is 2.19. The number of imidazole rings is 1. The molecule has 0 saturated heterocycles. The second kappa shape index (κ2) is 3.90. The molecule has 2 N–H and O–H groups in total. The van der Waals surface area contributed by atoms with E-state index in [2.05, 4.69) is 15.3 Å². The highest BCUT2D eigenvalue weighted by Gasteiger charge is 2.11. The third-order valence-electron chi connectivity index (χ3n) is 1.99. The standard InChI is InChI=1S/C10H10ClN3O/c1-6(11)9(15)14-10-12-7-4-2-3-5-8(7)13-10/h2-6H,1H3,(H2,12,13,14,15). The number of nitrogens with one attached hydrogen (secondary N) is 2. The number of anilines is 1. The highest BCUT2D eigenvalue weighted by atomic mass is 35.5. The van der Waals surface area contributed by atoms with Gasteiger partial charge < -0.3 is 4.98 Å². The topological polar surface area (TPSA) is 57.8 Å². The van der Waals surface area contributed by atoms with Gasteiger partial charge in [-0.15, -0.1) is 11.6 Å². The van der Waals surface area contributed by atoms with E-state index in [1.807, 2.05) is 24.3 Å². The van der Waals surface area contributed by atoms with Crippen molar-refractivity contribution in [1.29, 1.82) is 0 Å². The summed E-state index contributed by atoms with van der Waals surface area (Å²) in [4.78, 5) is 18.5. The molecule has 5 heteroatoms. The lowest BCUT2D eigenvalue weighted by Gasteiger charge is -2.01. The summed E-state index contributed by atoms with van der Waals surface area (Å²) >= 11 is 5.62. The van der Waals surface area contributed by atoms with Crippen LogP contribution in [0.25, 0.3) is 11.0 Å². The molecule has 1 unspecified atom stereocenters.